The van der Waals surface area contributed by atoms with Crippen LogP contribution < -0.4 is 5.32 Å². The maximum absolute atomic E-state index is 12.3. The van der Waals surface area contributed by atoms with Crippen molar-refractivity contribution in [2.45, 2.75) is 43.6 Å². The number of carbonyl (C=O) groups excluding carboxylic acids is 1. The normalized spacial score (nSPS) is 20.5. The molecule has 1 aromatic rings. The van der Waals surface area contributed by atoms with Crippen molar-refractivity contribution in [1.29, 1.82) is 0 Å². The minimum atomic E-state index is -0.396. The highest BCUT2D eigenvalue weighted by molar-refractivity contribution is 6.31. The Morgan fingerprint density at radius 1 is 1.43 bits per heavy atom. The van der Waals surface area contributed by atoms with Gasteiger partial charge in [-0.1, -0.05) is 36.2 Å². The van der Waals surface area contributed by atoms with Gasteiger partial charge in [-0.3, -0.25) is 0 Å². The number of halogens is 1. The molecule has 0 heterocycles. The van der Waals surface area contributed by atoms with Crippen molar-refractivity contribution in [3.05, 3.63) is 34.9 Å². The van der Waals surface area contributed by atoms with Crippen LogP contribution in [-0.4, -0.2) is 42.3 Å². The number of benzene rings is 1. The van der Waals surface area contributed by atoms with Crippen LogP contribution in [0.5, 0.6) is 0 Å². The summed E-state index contributed by atoms with van der Waals surface area (Å²) in [5.74, 6) is 0.381. The number of hydrogen-bond acceptors (Lipinski definition) is 2. The molecule has 126 valence electrons. The molecule has 2 fully saturated rings. The highest BCUT2D eigenvalue weighted by atomic mass is 35.5. The summed E-state index contributed by atoms with van der Waals surface area (Å²) < 4.78 is 0. The molecule has 23 heavy (non-hydrogen) atoms. The molecule has 0 radical (unpaired) electrons. The van der Waals surface area contributed by atoms with Gasteiger partial charge in [0.15, 0.2) is 0 Å². The molecule has 4 nitrogen and oxygen atoms in total. The maximum atomic E-state index is 12.3. The highest BCUT2D eigenvalue weighted by Gasteiger charge is 2.40. The summed E-state index contributed by atoms with van der Waals surface area (Å²) in [6, 6.07) is 7.79. The highest BCUT2D eigenvalue weighted by Crippen LogP contribution is 2.45. The van der Waals surface area contributed by atoms with Crippen LogP contribution in [0.3, 0.4) is 0 Å². The van der Waals surface area contributed by atoms with Crippen molar-refractivity contribution >= 4 is 17.6 Å². The van der Waals surface area contributed by atoms with E-state index in [2.05, 4.69) is 11.4 Å². The van der Waals surface area contributed by atoms with E-state index in [4.69, 9.17) is 11.6 Å². The average molecular weight is 337 g/mol. The second-order valence-corrected chi connectivity index (χ2v) is 7.46. The smallest absolute Gasteiger partial charge is 0.317 e. The first kappa shape index (κ1) is 16.6. The molecule has 1 aromatic carbocycles. The van der Waals surface area contributed by atoms with Crippen molar-refractivity contribution in [3.8, 4) is 0 Å². The molecule has 2 N–H and O–H groups in total. The summed E-state index contributed by atoms with van der Waals surface area (Å²) >= 11 is 6.35. The number of aliphatic hydroxyl groups excluding tert-OH is 1. The Kier molecular flexibility index (Phi) is 4.83. The van der Waals surface area contributed by atoms with Gasteiger partial charge in [0.1, 0.15) is 0 Å². The average Bonchev–Trinajstić information content (AvgIpc) is 3.32. The molecular formula is C18H25ClN2O2. The van der Waals surface area contributed by atoms with E-state index >= 15 is 0 Å². The van der Waals surface area contributed by atoms with Crippen LogP contribution in [-0.2, 0) is 5.41 Å². The monoisotopic (exact) mass is 336 g/mol. The van der Waals surface area contributed by atoms with Crippen LogP contribution >= 0.6 is 11.6 Å². The van der Waals surface area contributed by atoms with Gasteiger partial charge in [-0.05, 0) is 43.2 Å². The Morgan fingerprint density at radius 2 is 2.13 bits per heavy atom. The first-order chi connectivity index (χ1) is 11.0. The number of likely N-dealkylation sites (N-methyl/N-ethyl adjacent to an activating group) is 1. The zero-order valence-electron chi connectivity index (χ0n) is 13.6. The number of amides is 2. The predicted octanol–water partition coefficient (Wildman–Crippen LogP) is 3.17. The summed E-state index contributed by atoms with van der Waals surface area (Å²) in [5, 5.41) is 13.8. The standard InChI is InChI=1S/C18H25ClN2O2/c1-21(11-16(22)13-7-8-13)17(23)20-12-18(9-4-10-18)14-5-2-3-6-15(14)19/h2-3,5-6,13,16,22H,4,7-12H2,1H3,(H,20,23). The number of hydrogen-bond donors (Lipinski definition) is 2. The fourth-order valence-electron chi connectivity index (χ4n) is 3.41. The lowest BCUT2D eigenvalue weighted by molar-refractivity contribution is 0.112. The first-order valence-electron chi connectivity index (χ1n) is 8.44. The van der Waals surface area contributed by atoms with Gasteiger partial charge in [-0.15, -0.1) is 0 Å². The van der Waals surface area contributed by atoms with Crippen LogP contribution in [0.2, 0.25) is 5.02 Å². The number of nitrogens with one attached hydrogen (secondary N) is 1. The number of aliphatic hydroxyl groups is 1. The lowest BCUT2D eigenvalue weighted by atomic mass is 9.64. The molecule has 0 spiro atoms. The van der Waals surface area contributed by atoms with Gasteiger partial charge >= 0.3 is 6.03 Å². The van der Waals surface area contributed by atoms with Crippen LogP contribution in [0.25, 0.3) is 0 Å². The van der Waals surface area contributed by atoms with Crippen molar-refractivity contribution in [3.63, 3.8) is 0 Å². The van der Waals surface area contributed by atoms with Crippen molar-refractivity contribution in [1.82, 2.24) is 10.2 Å². The van der Waals surface area contributed by atoms with Gasteiger partial charge in [-0.25, -0.2) is 4.79 Å². The molecule has 0 aliphatic heterocycles. The second-order valence-electron chi connectivity index (χ2n) is 7.06. The van der Waals surface area contributed by atoms with Crippen LogP contribution in [0.4, 0.5) is 4.79 Å². The topological polar surface area (TPSA) is 52.6 Å². The minimum absolute atomic E-state index is 0.0377. The molecule has 2 amide bonds. The van der Waals surface area contributed by atoms with E-state index in [0.717, 1.165) is 42.7 Å². The van der Waals surface area contributed by atoms with Gasteiger partial charge in [0, 0.05) is 30.6 Å². The molecule has 0 bridgehead atoms. The summed E-state index contributed by atoms with van der Waals surface area (Å²) in [6.07, 6.45) is 5.01. The first-order valence-corrected chi connectivity index (χ1v) is 8.82. The van der Waals surface area contributed by atoms with Gasteiger partial charge in [-0.2, -0.15) is 0 Å². The molecule has 2 saturated carbocycles. The third kappa shape index (κ3) is 3.64. The largest absolute Gasteiger partial charge is 0.391 e. The molecule has 1 unspecified atom stereocenters. The molecular weight excluding hydrogens is 312 g/mol. The van der Waals surface area contributed by atoms with Crippen molar-refractivity contribution in [2.75, 3.05) is 20.1 Å². The zero-order valence-corrected chi connectivity index (χ0v) is 14.4. The van der Waals surface area contributed by atoms with E-state index in [1.54, 1.807) is 11.9 Å². The molecule has 5 heteroatoms. The Bertz CT molecular complexity index is 570. The second kappa shape index (κ2) is 6.70. The Labute approximate surface area is 142 Å². The van der Waals surface area contributed by atoms with E-state index in [1.807, 2.05) is 18.2 Å². The summed E-state index contributed by atoms with van der Waals surface area (Å²) in [5.41, 5.74) is 1.10. The zero-order chi connectivity index (χ0) is 16.4. The summed E-state index contributed by atoms with van der Waals surface area (Å²) in [6.45, 7) is 0.995. The van der Waals surface area contributed by atoms with E-state index in [-0.39, 0.29) is 11.4 Å². The number of urea groups is 1. The summed E-state index contributed by atoms with van der Waals surface area (Å²) in [4.78, 5) is 13.9. The van der Waals surface area contributed by atoms with E-state index in [1.165, 1.54) is 0 Å². The molecule has 2 aliphatic carbocycles. The third-order valence-electron chi connectivity index (χ3n) is 5.31. The van der Waals surface area contributed by atoms with Crippen LogP contribution in [0, 0.1) is 5.92 Å². The lowest BCUT2D eigenvalue weighted by Crippen LogP contribution is -2.49. The number of carbonyl (C=O) groups is 1. The lowest BCUT2D eigenvalue weighted by Gasteiger charge is -2.43. The fraction of sp³-hybridized carbons (Fsp3) is 0.611. The van der Waals surface area contributed by atoms with Gasteiger partial charge in [0.25, 0.3) is 0 Å². The van der Waals surface area contributed by atoms with Crippen LogP contribution in [0.1, 0.15) is 37.7 Å². The molecule has 2 aliphatic rings. The molecule has 0 saturated heterocycles. The Balaban J connectivity index is 1.57. The minimum Gasteiger partial charge on any atom is -0.391 e. The quantitative estimate of drug-likeness (QED) is 0.838. The maximum Gasteiger partial charge on any atom is 0.317 e. The number of rotatable bonds is 6. The Morgan fingerprint density at radius 3 is 2.70 bits per heavy atom. The fourth-order valence-corrected chi connectivity index (χ4v) is 3.75. The van der Waals surface area contributed by atoms with Crippen LogP contribution in [0.15, 0.2) is 24.3 Å². The van der Waals surface area contributed by atoms with Crippen molar-refractivity contribution < 1.29 is 9.90 Å². The van der Waals surface area contributed by atoms with Gasteiger partial charge in [0.2, 0.25) is 0 Å². The third-order valence-corrected chi connectivity index (χ3v) is 5.64. The van der Waals surface area contributed by atoms with Gasteiger partial charge < -0.3 is 15.3 Å². The SMILES string of the molecule is CN(CC(O)C1CC1)C(=O)NCC1(c2ccccc2Cl)CCC1. The predicted molar refractivity (Wildman–Crippen MR) is 91.7 cm³/mol. The van der Waals surface area contributed by atoms with Gasteiger partial charge in [0.05, 0.1) is 6.10 Å². The molecule has 0 aromatic heterocycles. The van der Waals surface area contributed by atoms with E-state index in [9.17, 15) is 9.90 Å². The van der Waals surface area contributed by atoms with E-state index < -0.39 is 6.10 Å². The molecule has 3 rings (SSSR count). The number of nitrogens with zero attached hydrogens (tertiary/aromatic N) is 1. The molecule has 1 atom stereocenters. The van der Waals surface area contributed by atoms with E-state index in [0.29, 0.717) is 19.0 Å². The van der Waals surface area contributed by atoms with Crippen molar-refractivity contribution in [2.24, 2.45) is 5.92 Å². The summed E-state index contributed by atoms with van der Waals surface area (Å²) in [7, 11) is 1.74. The Hall–Kier alpha value is -1.26.